The van der Waals surface area contributed by atoms with Crippen molar-refractivity contribution in [3.05, 3.63) is 52.5 Å². The number of carbonyl (C=O) groups excluding carboxylic acids is 1. The van der Waals surface area contributed by atoms with E-state index in [0.717, 1.165) is 56.8 Å². The zero-order chi connectivity index (χ0) is 17.1. The highest BCUT2D eigenvalue weighted by atomic mass is 32.1. The topological polar surface area (TPSA) is 36.4 Å². The maximum atomic E-state index is 12.5. The van der Waals surface area contributed by atoms with Crippen LogP contribution >= 0.6 is 11.3 Å². The molecule has 5 heteroatoms. The van der Waals surface area contributed by atoms with E-state index in [0.29, 0.717) is 5.41 Å². The summed E-state index contributed by atoms with van der Waals surface area (Å²) in [5, 5.41) is 3.94. The molecule has 0 aliphatic carbocycles. The van der Waals surface area contributed by atoms with Crippen molar-refractivity contribution in [1.29, 1.82) is 0 Å². The van der Waals surface area contributed by atoms with E-state index in [1.165, 1.54) is 12.8 Å². The van der Waals surface area contributed by atoms with Crippen LogP contribution in [0.3, 0.4) is 0 Å². The molecule has 0 radical (unpaired) electrons. The van der Waals surface area contributed by atoms with Crippen LogP contribution in [0, 0.1) is 5.41 Å². The summed E-state index contributed by atoms with van der Waals surface area (Å²) >= 11 is 1.60. The van der Waals surface area contributed by atoms with Gasteiger partial charge >= 0.3 is 0 Å². The Hall–Kier alpha value is -1.72. The minimum atomic E-state index is 0.212. The van der Waals surface area contributed by atoms with Gasteiger partial charge in [0.1, 0.15) is 0 Å². The fourth-order valence-electron chi connectivity index (χ4n) is 4.16. The molecule has 25 heavy (non-hydrogen) atoms. The molecule has 1 spiro atoms. The van der Waals surface area contributed by atoms with Gasteiger partial charge in [-0.25, -0.2) is 0 Å². The van der Waals surface area contributed by atoms with Gasteiger partial charge in [-0.05, 0) is 67.8 Å². The highest BCUT2D eigenvalue weighted by Crippen LogP contribution is 2.41. The van der Waals surface area contributed by atoms with Crippen molar-refractivity contribution in [2.24, 2.45) is 5.41 Å². The number of carbonyl (C=O) groups is 1. The van der Waals surface area contributed by atoms with Gasteiger partial charge in [-0.2, -0.15) is 11.3 Å². The molecule has 2 aromatic heterocycles. The van der Waals surface area contributed by atoms with E-state index < -0.39 is 0 Å². The maximum absolute atomic E-state index is 12.5. The van der Waals surface area contributed by atoms with E-state index in [9.17, 15) is 4.79 Å². The van der Waals surface area contributed by atoms with Crippen LogP contribution < -0.4 is 0 Å². The molecule has 0 bridgehead atoms. The molecule has 1 amide bonds. The number of hydrogen-bond donors (Lipinski definition) is 0. The predicted molar refractivity (Wildman–Crippen MR) is 101 cm³/mol. The van der Waals surface area contributed by atoms with Crippen LogP contribution in [0.1, 0.15) is 41.7 Å². The lowest BCUT2D eigenvalue weighted by molar-refractivity contribution is 0.0283. The average Bonchev–Trinajstić information content (AvgIpc) is 3.20. The van der Waals surface area contributed by atoms with Gasteiger partial charge in [0.15, 0.2) is 0 Å². The predicted octanol–water partition coefficient (Wildman–Crippen LogP) is 3.66. The second-order valence-electron chi connectivity index (χ2n) is 7.40. The smallest absolute Gasteiger partial charge is 0.254 e. The van der Waals surface area contributed by atoms with Gasteiger partial charge in [0.05, 0.1) is 11.3 Å². The molecule has 0 N–H and O–H groups in total. The van der Waals surface area contributed by atoms with Crippen molar-refractivity contribution < 1.29 is 4.79 Å². The van der Waals surface area contributed by atoms with Gasteiger partial charge in [-0.3, -0.25) is 14.7 Å². The molecule has 0 atom stereocenters. The molecule has 0 aromatic carbocycles. The van der Waals surface area contributed by atoms with Crippen LogP contribution in [0.15, 0.2) is 41.2 Å². The molecule has 2 fully saturated rings. The number of hydrogen-bond acceptors (Lipinski definition) is 4. The third-order valence-electron chi connectivity index (χ3n) is 5.91. The molecule has 2 aliphatic rings. The minimum Gasteiger partial charge on any atom is -0.339 e. The quantitative estimate of drug-likeness (QED) is 0.843. The number of piperidine rings is 2. The summed E-state index contributed by atoms with van der Waals surface area (Å²) in [4.78, 5) is 21.5. The normalized spacial score (nSPS) is 20.7. The second-order valence-corrected chi connectivity index (χ2v) is 8.18. The number of likely N-dealkylation sites (tertiary alicyclic amines) is 2. The molecule has 2 saturated heterocycles. The van der Waals surface area contributed by atoms with Crippen molar-refractivity contribution in [2.45, 2.75) is 32.2 Å². The van der Waals surface area contributed by atoms with E-state index in [1.54, 1.807) is 11.3 Å². The largest absolute Gasteiger partial charge is 0.339 e. The first kappa shape index (κ1) is 16.7. The molecular formula is C20H25N3OS. The number of thiophene rings is 1. The van der Waals surface area contributed by atoms with E-state index in [4.69, 9.17) is 0 Å². The van der Waals surface area contributed by atoms with Crippen LogP contribution in [0.5, 0.6) is 0 Å². The van der Waals surface area contributed by atoms with E-state index in [-0.39, 0.29) is 5.91 Å². The summed E-state index contributed by atoms with van der Waals surface area (Å²) in [6.07, 6.45) is 6.68. The minimum absolute atomic E-state index is 0.212. The molecule has 0 unspecified atom stereocenters. The monoisotopic (exact) mass is 355 g/mol. The van der Waals surface area contributed by atoms with Crippen molar-refractivity contribution in [2.75, 3.05) is 26.2 Å². The summed E-state index contributed by atoms with van der Waals surface area (Å²) in [5.41, 5.74) is 2.47. The second kappa shape index (κ2) is 7.26. The lowest BCUT2D eigenvalue weighted by atomic mass is 9.71. The Morgan fingerprint density at radius 3 is 2.48 bits per heavy atom. The fourth-order valence-corrected chi connectivity index (χ4v) is 4.79. The van der Waals surface area contributed by atoms with Crippen LogP contribution in [-0.2, 0) is 6.54 Å². The first-order valence-corrected chi connectivity index (χ1v) is 10.1. The van der Waals surface area contributed by atoms with E-state index >= 15 is 0 Å². The summed E-state index contributed by atoms with van der Waals surface area (Å²) in [7, 11) is 0. The van der Waals surface area contributed by atoms with Gasteiger partial charge in [-0.15, -0.1) is 0 Å². The van der Waals surface area contributed by atoms with Crippen molar-refractivity contribution in [1.82, 2.24) is 14.8 Å². The first-order valence-electron chi connectivity index (χ1n) is 9.18. The summed E-state index contributed by atoms with van der Waals surface area (Å²) in [5.74, 6) is 0.212. The molecule has 4 nitrogen and oxygen atoms in total. The first-order chi connectivity index (χ1) is 12.2. The highest BCUT2D eigenvalue weighted by Gasteiger charge is 2.38. The van der Waals surface area contributed by atoms with Crippen LogP contribution in [0.2, 0.25) is 0 Å². The summed E-state index contributed by atoms with van der Waals surface area (Å²) in [6.45, 7) is 5.08. The molecule has 4 rings (SSSR count). The number of pyridine rings is 1. The van der Waals surface area contributed by atoms with Crippen molar-refractivity contribution >= 4 is 17.2 Å². The number of aromatic nitrogens is 1. The molecule has 2 aromatic rings. The standard InChI is InChI=1S/C20H25N3OS/c24-19(17-4-14-25-16-17)23-12-7-20(8-13-23)5-10-22(11-6-20)15-18-3-1-2-9-21-18/h1-4,9,14,16H,5-8,10-13,15H2. The van der Waals surface area contributed by atoms with Gasteiger partial charge in [-0.1, -0.05) is 6.07 Å². The molecule has 132 valence electrons. The van der Waals surface area contributed by atoms with Crippen molar-refractivity contribution in [3.63, 3.8) is 0 Å². The van der Waals surface area contributed by atoms with Crippen molar-refractivity contribution in [3.8, 4) is 0 Å². The van der Waals surface area contributed by atoms with Gasteiger partial charge in [0.2, 0.25) is 0 Å². The van der Waals surface area contributed by atoms with Gasteiger partial charge in [0, 0.05) is 31.2 Å². The Balaban J connectivity index is 1.29. The fraction of sp³-hybridized carbons (Fsp3) is 0.500. The number of amides is 1. The third-order valence-corrected chi connectivity index (χ3v) is 6.59. The maximum Gasteiger partial charge on any atom is 0.254 e. The number of rotatable bonds is 3. The Labute approximate surface area is 153 Å². The Kier molecular flexibility index (Phi) is 4.86. The van der Waals surface area contributed by atoms with Crippen LogP contribution in [0.25, 0.3) is 0 Å². The third kappa shape index (κ3) is 3.77. The zero-order valence-electron chi connectivity index (χ0n) is 14.6. The molecule has 0 saturated carbocycles. The Bertz CT molecular complexity index is 683. The van der Waals surface area contributed by atoms with Gasteiger partial charge in [0.25, 0.3) is 5.91 Å². The zero-order valence-corrected chi connectivity index (χ0v) is 15.4. The average molecular weight is 356 g/mol. The van der Waals surface area contributed by atoms with E-state index in [1.807, 2.05) is 34.0 Å². The van der Waals surface area contributed by atoms with Gasteiger partial charge < -0.3 is 4.90 Å². The lowest BCUT2D eigenvalue weighted by Gasteiger charge is -2.46. The SMILES string of the molecule is O=C(c1ccsc1)N1CCC2(CCN(Cc3ccccn3)CC2)CC1. The summed E-state index contributed by atoms with van der Waals surface area (Å²) in [6, 6.07) is 8.08. The summed E-state index contributed by atoms with van der Waals surface area (Å²) < 4.78 is 0. The van der Waals surface area contributed by atoms with Crippen LogP contribution in [0.4, 0.5) is 0 Å². The molecule has 4 heterocycles. The Morgan fingerprint density at radius 1 is 1.08 bits per heavy atom. The molecule has 2 aliphatic heterocycles. The Morgan fingerprint density at radius 2 is 1.84 bits per heavy atom. The molecular weight excluding hydrogens is 330 g/mol. The highest BCUT2D eigenvalue weighted by molar-refractivity contribution is 7.08. The lowest BCUT2D eigenvalue weighted by Crippen LogP contribution is -2.48. The van der Waals surface area contributed by atoms with E-state index in [2.05, 4.69) is 22.0 Å². The number of nitrogens with zero attached hydrogens (tertiary/aromatic N) is 3. The van der Waals surface area contributed by atoms with Crippen LogP contribution in [-0.4, -0.2) is 46.9 Å².